The number of nitrogens with one attached hydrogen (secondary N) is 1. The normalized spacial score (nSPS) is 14.1. The summed E-state index contributed by atoms with van der Waals surface area (Å²) in [5.41, 5.74) is 0.767. The van der Waals surface area contributed by atoms with Gasteiger partial charge in [0.05, 0.1) is 6.61 Å². The zero-order valence-corrected chi connectivity index (χ0v) is 14.0. The standard InChI is InChI=1S/C17H16N4O2S/c1-2-23-14-7-3-11(4-8-14)9-13(10-18)15(22)19-17-21-20-16(24-17)12-5-6-12/h3-4,7-9,12H,2,5-6H2,1H3,(H,19,21,22)/b13-9+. The van der Waals surface area contributed by atoms with E-state index in [9.17, 15) is 10.1 Å². The van der Waals surface area contributed by atoms with Gasteiger partial charge < -0.3 is 4.74 Å². The molecule has 0 bridgehead atoms. The molecule has 1 N–H and O–H groups in total. The first-order chi connectivity index (χ1) is 11.7. The van der Waals surface area contributed by atoms with Crippen LogP contribution in [0.5, 0.6) is 5.75 Å². The average molecular weight is 340 g/mol. The summed E-state index contributed by atoms with van der Waals surface area (Å²) in [6, 6.07) is 9.12. The topological polar surface area (TPSA) is 87.9 Å². The Labute approximate surface area is 143 Å². The van der Waals surface area contributed by atoms with Gasteiger partial charge in [0.2, 0.25) is 5.13 Å². The molecular formula is C17H16N4O2S. The van der Waals surface area contributed by atoms with Crippen molar-refractivity contribution in [2.45, 2.75) is 25.7 Å². The zero-order chi connectivity index (χ0) is 16.9. The predicted octanol–water partition coefficient (Wildman–Crippen LogP) is 3.36. The van der Waals surface area contributed by atoms with Crippen LogP contribution < -0.4 is 10.1 Å². The van der Waals surface area contributed by atoms with E-state index in [2.05, 4.69) is 15.5 Å². The number of amides is 1. The van der Waals surface area contributed by atoms with Gasteiger partial charge in [0.15, 0.2) is 0 Å². The Balaban J connectivity index is 1.69. The van der Waals surface area contributed by atoms with Crippen LogP contribution in [0.15, 0.2) is 29.8 Å². The van der Waals surface area contributed by atoms with Crippen LogP contribution in [0.2, 0.25) is 0 Å². The van der Waals surface area contributed by atoms with E-state index in [0.717, 1.165) is 29.2 Å². The highest BCUT2D eigenvalue weighted by Gasteiger charge is 2.27. The lowest BCUT2D eigenvalue weighted by Gasteiger charge is -2.03. The van der Waals surface area contributed by atoms with Crippen LogP contribution in [-0.4, -0.2) is 22.7 Å². The molecule has 1 heterocycles. The van der Waals surface area contributed by atoms with E-state index in [1.165, 1.54) is 17.4 Å². The maximum absolute atomic E-state index is 12.2. The third-order valence-electron chi connectivity index (χ3n) is 3.45. The number of rotatable bonds is 6. The van der Waals surface area contributed by atoms with Gasteiger partial charge in [-0.1, -0.05) is 23.5 Å². The van der Waals surface area contributed by atoms with Crippen LogP contribution in [0.4, 0.5) is 5.13 Å². The zero-order valence-electron chi connectivity index (χ0n) is 13.2. The number of hydrogen-bond donors (Lipinski definition) is 1. The molecule has 1 aliphatic carbocycles. The molecule has 1 aliphatic rings. The van der Waals surface area contributed by atoms with Crippen molar-refractivity contribution < 1.29 is 9.53 Å². The number of aromatic nitrogens is 2. The number of ether oxygens (including phenoxy) is 1. The Hall–Kier alpha value is -2.72. The molecule has 1 amide bonds. The van der Waals surface area contributed by atoms with E-state index in [4.69, 9.17) is 4.74 Å². The molecule has 1 aromatic heterocycles. The van der Waals surface area contributed by atoms with Crippen molar-refractivity contribution in [2.75, 3.05) is 11.9 Å². The Morgan fingerprint density at radius 3 is 2.79 bits per heavy atom. The van der Waals surface area contributed by atoms with Gasteiger partial charge in [0, 0.05) is 5.92 Å². The maximum Gasteiger partial charge on any atom is 0.268 e. The summed E-state index contributed by atoms with van der Waals surface area (Å²) in [7, 11) is 0. The van der Waals surface area contributed by atoms with Gasteiger partial charge in [0.25, 0.3) is 5.91 Å². The van der Waals surface area contributed by atoms with Crippen LogP contribution >= 0.6 is 11.3 Å². The first-order valence-electron chi connectivity index (χ1n) is 7.69. The van der Waals surface area contributed by atoms with E-state index < -0.39 is 5.91 Å². The second kappa shape index (κ2) is 7.23. The van der Waals surface area contributed by atoms with Gasteiger partial charge in [-0.25, -0.2) is 0 Å². The summed E-state index contributed by atoms with van der Waals surface area (Å²) in [6.45, 7) is 2.50. The number of benzene rings is 1. The fraction of sp³-hybridized carbons (Fsp3) is 0.294. The van der Waals surface area contributed by atoms with Gasteiger partial charge in [-0.2, -0.15) is 5.26 Å². The van der Waals surface area contributed by atoms with Crippen molar-refractivity contribution in [1.82, 2.24) is 10.2 Å². The quantitative estimate of drug-likeness (QED) is 0.643. The molecular weight excluding hydrogens is 324 g/mol. The molecule has 0 saturated heterocycles. The number of carbonyl (C=O) groups is 1. The molecule has 7 heteroatoms. The highest BCUT2D eigenvalue weighted by molar-refractivity contribution is 7.15. The Morgan fingerprint density at radius 2 is 2.17 bits per heavy atom. The average Bonchev–Trinajstić information content (AvgIpc) is 3.34. The van der Waals surface area contributed by atoms with E-state index >= 15 is 0 Å². The molecule has 0 spiro atoms. The molecule has 122 valence electrons. The molecule has 0 unspecified atom stereocenters. The van der Waals surface area contributed by atoms with Gasteiger partial charge in [-0.15, -0.1) is 10.2 Å². The first kappa shape index (κ1) is 16.1. The lowest BCUT2D eigenvalue weighted by molar-refractivity contribution is -0.112. The van der Waals surface area contributed by atoms with Gasteiger partial charge >= 0.3 is 0 Å². The minimum atomic E-state index is -0.482. The minimum Gasteiger partial charge on any atom is -0.494 e. The highest BCUT2D eigenvalue weighted by Crippen LogP contribution is 2.42. The molecule has 1 fully saturated rings. The van der Waals surface area contributed by atoms with E-state index in [1.54, 1.807) is 24.3 Å². The Morgan fingerprint density at radius 1 is 1.42 bits per heavy atom. The summed E-state index contributed by atoms with van der Waals surface area (Å²) in [6.07, 6.45) is 3.79. The molecule has 24 heavy (non-hydrogen) atoms. The van der Waals surface area contributed by atoms with Crippen molar-refractivity contribution in [3.8, 4) is 11.8 Å². The maximum atomic E-state index is 12.2. The number of nitriles is 1. The second-order valence-electron chi connectivity index (χ2n) is 5.35. The number of carbonyl (C=O) groups excluding carboxylic acids is 1. The minimum absolute atomic E-state index is 0.0160. The molecule has 0 aliphatic heterocycles. The summed E-state index contributed by atoms with van der Waals surface area (Å²) in [5.74, 6) is 0.756. The van der Waals surface area contributed by atoms with Crippen LogP contribution in [0.1, 0.15) is 36.3 Å². The van der Waals surface area contributed by atoms with Crippen molar-refractivity contribution >= 4 is 28.5 Å². The molecule has 1 aromatic carbocycles. The van der Waals surface area contributed by atoms with Crippen molar-refractivity contribution in [3.05, 3.63) is 40.4 Å². The fourth-order valence-corrected chi connectivity index (χ4v) is 2.99. The SMILES string of the molecule is CCOc1ccc(/C=C(\C#N)C(=O)Nc2nnc(C3CC3)s2)cc1. The van der Waals surface area contributed by atoms with Crippen molar-refractivity contribution in [2.24, 2.45) is 0 Å². The van der Waals surface area contributed by atoms with Crippen LogP contribution in [0.25, 0.3) is 6.08 Å². The monoisotopic (exact) mass is 340 g/mol. The van der Waals surface area contributed by atoms with E-state index in [0.29, 0.717) is 17.7 Å². The third-order valence-corrected chi connectivity index (χ3v) is 4.46. The van der Waals surface area contributed by atoms with E-state index in [-0.39, 0.29) is 5.57 Å². The lowest BCUT2D eigenvalue weighted by Crippen LogP contribution is -2.13. The fourth-order valence-electron chi connectivity index (χ4n) is 2.09. The first-order valence-corrected chi connectivity index (χ1v) is 8.50. The smallest absolute Gasteiger partial charge is 0.268 e. The van der Waals surface area contributed by atoms with Gasteiger partial charge in [0.1, 0.15) is 22.4 Å². The summed E-state index contributed by atoms with van der Waals surface area (Å²) in [5, 5.41) is 21.3. The molecule has 3 rings (SSSR count). The molecule has 2 aromatic rings. The predicted molar refractivity (Wildman–Crippen MR) is 91.7 cm³/mol. The van der Waals surface area contributed by atoms with Crippen LogP contribution in [0.3, 0.4) is 0 Å². The largest absolute Gasteiger partial charge is 0.494 e. The van der Waals surface area contributed by atoms with Crippen LogP contribution in [0, 0.1) is 11.3 Å². The summed E-state index contributed by atoms with van der Waals surface area (Å²) in [4.78, 5) is 12.2. The summed E-state index contributed by atoms with van der Waals surface area (Å²) < 4.78 is 5.37. The van der Waals surface area contributed by atoms with Crippen molar-refractivity contribution in [1.29, 1.82) is 5.26 Å². The van der Waals surface area contributed by atoms with Crippen LogP contribution in [-0.2, 0) is 4.79 Å². The molecule has 1 saturated carbocycles. The van der Waals surface area contributed by atoms with Crippen molar-refractivity contribution in [3.63, 3.8) is 0 Å². The Kier molecular flexibility index (Phi) is 4.87. The highest BCUT2D eigenvalue weighted by atomic mass is 32.1. The molecule has 0 radical (unpaired) electrons. The molecule has 6 nitrogen and oxygen atoms in total. The lowest BCUT2D eigenvalue weighted by atomic mass is 10.1. The van der Waals surface area contributed by atoms with Gasteiger partial charge in [-0.05, 0) is 43.5 Å². The van der Waals surface area contributed by atoms with Gasteiger partial charge in [-0.3, -0.25) is 10.1 Å². The second-order valence-corrected chi connectivity index (χ2v) is 6.35. The number of hydrogen-bond acceptors (Lipinski definition) is 6. The number of anilines is 1. The molecule has 0 atom stereocenters. The Bertz CT molecular complexity index is 801. The number of nitrogens with zero attached hydrogens (tertiary/aromatic N) is 3. The van der Waals surface area contributed by atoms with E-state index in [1.807, 2.05) is 13.0 Å². The third kappa shape index (κ3) is 3.97. The summed E-state index contributed by atoms with van der Waals surface area (Å²) >= 11 is 1.37.